The van der Waals surface area contributed by atoms with Gasteiger partial charge in [0.05, 0.1) is 25.4 Å². The van der Waals surface area contributed by atoms with Crippen LogP contribution in [0.3, 0.4) is 0 Å². The van der Waals surface area contributed by atoms with Crippen LogP contribution >= 0.6 is 0 Å². The van der Waals surface area contributed by atoms with Crippen molar-refractivity contribution in [3.05, 3.63) is 36.5 Å². The Kier molecular flexibility index (Phi) is 66.9. The molecule has 0 aliphatic heterocycles. The first-order valence-electron chi connectivity index (χ1n) is 35.8. The van der Waals surface area contributed by atoms with E-state index in [-0.39, 0.29) is 18.5 Å². The molecule has 0 radical (unpaired) electrons. The predicted molar refractivity (Wildman–Crippen MR) is 347 cm³/mol. The van der Waals surface area contributed by atoms with Gasteiger partial charge < -0.3 is 20.3 Å². The van der Waals surface area contributed by atoms with E-state index in [1.807, 2.05) is 6.08 Å². The highest BCUT2D eigenvalue weighted by Crippen LogP contribution is 2.18. The Balaban J connectivity index is 3.31. The lowest BCUT2D eigenvalue weighted by molar-refractivity contribution is -0.143. The lowest BCUT2D eigenvalue weighted by Crippen LogP contribution is -2.45. The fraction of sp³-hybridized carbons (Fsp3) is 0.890. The third kappa shape index (κ3) is 65.1. The Bertz CT molecular complexity index is 1280. The minimum atomic E-state index is -0.840. The first kappa shape index (κ1) is 77.1. The number of hydrogen-bond donors (Lipinski definition) is 3. The molecular weight excluding hydrogens is 971 g/mol. The molecule has 1 amide bonds. The van der Waals surface area contributed by atoms with Crippen LogP contribution in [-0.4, -0.2) is 47.4 Å². The van der Waals surface area contributed by atoms with Gasteiger partial charge in [0.2, 0.25) is 5.91 Å². The number of amides is 1. The molecule has 0 bridgehead atoms. The number of hydrogen-bond acceptors (Lipinski definition) is 5. The van der Waals surface area contributed by atoms with Gasteiger partial charge in [-0.1, -0.05) is 333 Å². The minimum Gasteiger partial charge on any atom is -0.466 e. The number of carbonyl (C=O) groups is 2. The summed E-state index contributed by atoms with van der Waals surface area (Å²) in [7, 11) is 0. The molecule has 0 aromatic carbocycles. The fourth-order valence-corrected chi connectivity index (χ4v) is 11.2. The van der Waals surface area contributed by atoms with E-state index in [1.165, 1.54) is 321 Å². The Labute approximate surface area is 494 Å². The Morgan fingerprint density at radius 1 is 0.342 bits per heavy atom. The van der Waals surface area contributed by atoms with Gasteiger partial charge in [0.25, 0.3) is 0 Å². The van der Waals surface area contributed by atoms with Gasteiger partial charge in [0.1, 0.15) is 0 Å². The number of rotatable bonds is 67. The van der Waals surface area contributed by atoms with Crippen LogP contribution < -0.4 is 5.32 Å². The highest BCUT2D eigenvalue weighted by Gasteiger charge is 2.18. The predicted octanol–water partition coefficient (Wildman–Crippen LogP) is 23.1. The smallest absolute Gasteiger partial charge is 0.305 e. The Morgan fingerprint density at radius 3 is 0.924 bits per heavy atom. The van der Waals surface area contributed by atoms with E-state index >= 15 is 0 Å². The average molecular weight is 1110 g/mol. The zero-order valence-corrected chi connectivity index (χ0v) is 53.4. The molecule has 0 rings (SSSR count). The molecule has 0 aliphatic carbocycles. The molecule has 3 N–H and O–H groups in total. The van der Waals surface area contributed by atoms with E-state index in [2.05, 4.69) is 43.5 Å². The van der Waals surface area contributed by atoms with Crippen LogP contribution in [0.2, 0.25) is 0 Å². The maximum absolute atomic E-state index is 12.4. The van der Waals surface area contributed by atoms with Crippen LogP contribution in [-0.2, 0) is 14.3 Å². The quantitative estimate of drug-likeness (QED) is 0.0320. The van der Waals surface area contributed by atoms with Gasteiger partial charge in [-0.2, -0.15) is 0 Å². The number of aliphatic hydroxyl groups is 2. The van der Waals surface area contributed by atoms with Crippen LogP contribution in [0.25, 0.3) is 0 Å². The molecule has 0 aliphatic rings. The summed E-state index contributed by atoms with van der Waals surface area (Å²) in [4.78, 5) is 24.5. The first-order valence-corrected chi connectivity index (χ1v) is 35.8. The molecule has 0 aromatic rings. The number of esters is 1. The maximum Gasteiger partial charge on any atom is 0.305 e. The highest BCUT2D eigenvalue weighted by atomic mass is 16.5. The van der Waals surface area contributed by atoms with Crippen LogP contribution in [0.15, 0.2) is 36.5 Å². The summed E-state index contributed by atoms with van der Waals surface area (Å²) in [5.41, 5.74) is 0. The Morgan fingerprint density at radius 2 is 0.595 bits per heavy atom. The van der Waals surface area contributed by atoms with E-state index in [1.54, 1.807) is 6.08 Å². The van der Waals surface area contributed by atoms with Gasteiger partial charge in [-0.25, -0.2) is 0 Å². The van der Waals surface area contributed by atoms with Gasteiger partial charge in [0.15, 0.2) is 0 Å². The van der Waals surface area contributed by atoms with E-state index in [0.717, 1.165) is 44.9 Å². The molecule has 0 aromatic heterocycles. The van der Waals surface area contributed by atoms with Crippen molar-refractivity contribution in [3.63, 3.8) is 0 Å². The van der Waals surface area contributed by atoms with Gasteiger partial charge in [-0.05, 0) is 83.5 Å². The SMILES string of the molecule is CCCCC/C=C\CCCCCCCC(=O)OCCCCCCCCCCCCCCCCCCCC/C=C\CCCCCCCCCCCCCCCCCCCC(=O)NC(CO)C(O)/C=C/CCCCCCCCCCC. The van der Waals surface area contributed by atoms with Crippen LogP contribution in [0.5, 0.6) is 0 Å². The third-order valence-electron chi connectivity index (χ3n) is 16.6. The van der Waals surface area contributed by atoms with Gasteiger partial charge in [0, 0.05) is 12.8 Å². The molecule has 2 unspecified atom stereocenters. The molecule has 79 heavy (non-hydrogen) atoms. The number of aliphatic hydroxyl groups excluding tert-OH is 2. The summed E-state index contributed by atoms with van der Waals surface area (Å²) < 4.78 is 5.48. The monoisotopic (exact) mass is 1110 g/mol. The number of ether oxygens (including phenoxy) is 1. The highest BCUT2D eigenvalue weighted by molar-refractivity contribution is 5.76. The van der Waals surface area contributed by atoms with Crippen molar-refractivity contribution < 1.29 is 24.5 Å². The van der Waals surface area contributed by atoms with Crippen molar-refractivity contribution >= 4 is 11.9 Å². The van der Waals surface area contributed by atoms with Crippen LogP contribution in [0.1, 0.15) is 393 Å². The van der Waals surface area contributed by atoms with Crippen molar-refractivity contribution in [3.8, 4) is 0 Å². The molecule has 0 spiro atoms. The van der Waals surface area contributed by atoms with Crippen molar-refractivity contribution in [1.82, 2.24) is 5.32 Å². The maximum atomic E-state index is 12.4. The summed E-state index contributed by atoms with van der Waals surface area (Å²) in [6.45, 7) is 4.89. The average Bonchev–Trinajstić information content (AvgIpc) is 3.45. The summed E-state index contributed by atoms with van der Waals surface area (Å²) in [6, 6.07) is -0.623. The van der Waals surface area contributed by atoms with E-state index in [4.69, 9.17) is 4.74 Å². The molecule has 0 saturated carbocycles. The first-order chi connectivity index (χ1) is 39.0. The van der Waals surface area contributed by atoms with Crippen molar-refractivity contribution in [2.24, 2.45) is 0 Å². The topological polar surface area (TPSA) is 95.9 Å². The van der Waals surface area contributed by atoms with Crippen LogP contribution in [0, 0.1) is 0 Å². The lowest BCUT2D eigenvalue weighted by Gasteiger charge is -2.20. The molecule has 0 saturated heterocycles. The summed E-state index contributed by atoms with van der Waals surface area (Å²) >= 11 is 0. The second-order valence-electron chi connectivity index (χ2n) is 24.6. The number of unbranched alkanes of at least 4 members (excludes halogenated alkanes) is 52. The van der Waals surface area contributed by atoms with Crippen molar-refractivity contribution in [2.45, 2.75) is 405 Å². The molecular formula is C73H139NO5. The number of nitrogens with one attached hydrogen (secondary N) is 1. The number of allylic oxidation sites excluding steroid dienone is 5. The largest absolute Gasteiger partial charge is 0.466 e. The standard InChI is InChI=1S/C73H139NO5/c1-3-5-7-9-11-13-15-47-51-55-59-63-67-73(78)79-68-64-60-56-52-48-44-42-40-38-36-34-32-30-28-26-24-22-20-18-16-17-19-21-23-25-27-29-31-33-35-37-39-41-43-46-50-54-58-62-66-72(77)74-70(69-75)71(76)65-61-57-53-49-45-14-12-10-8-6-4-2/h11,13,16-17,61,65,70-71,75-76H,3-10,12,14-15,18-60,62-64,66-69H2,1-2H3,(H,74,77)/b13-11-,17-16-,65-61+. The molecule has 0 heterocycles. The molecule has 2 atom stereocenters. The lowest BCUT2D eigenvalue weighted by atomic mass is 10.0. The third-order valence-corrected chi connectivity index (χ3v) is 16.6. The second kappa shape index (κ2) is 68.6. The molecule has 0 fully saturated rings. The molecule has 6 nitrogen and oxygen atoms in total. The minimum absolute atomic E-state index is 0.0123. The van der Waals surface area contributed by atoms with Crippen LogP contribution in [0.4, 0.5) is 0 Å². The van der Waals surface area contributed by atoms with Crippen molar-refractivity contribution in [1.29, 1.82) is 0 Å². The summed E-state index contributed by atoms with van der Waals surface area (Å²) in [6.07, 6.45) is 88.3. The summed E-state index contributed by atoms with van der Waals surface area (Å²) in [5.74, 6) is -0.0512. The fourth-order valence-electron chi connectivity index (χ4n) is 11.2. The van der Waals surface area contributed by atoms with Crippen molar-refractivity contribution in [2.75, 3.05) is 13.2 Å². The molecule has 6 heteroatoms. The van der Waals surface area contributed by atoms with E-state index in [0.29, 0.717) is 19.4 Å². The zero-order valence-electron chi connectivity index (χ0n) is 53.4. The van der Waals surface area contributed by atoms with E-state index < -0.39 is 12.1 Å². The second-order valence-corrected chi connectivity index (χ2v) is 24.6. The van der Waals surface area contributed by atoms with E-state index in [9.17, 15) is 19.8 Å². The zero-order chi connectivity index (χ0) is 57.1. The van der Waals surface area contributed by atoms with Gasteiger partial charge in [-0.15, -0.1) is 0 Å². The number of carbonyl (C=O) groups excluding carboxylic acids is 2. The normalized spacial score (nSPS) is 12.7. The van der Waals surface area contributed by atoms with Gasteiger partial charge >= 0.3 is 5.97 Å². The van der Waals surface area contributed by atoms with Gasteiger partial charge in [-0.3, -0.25) is 9.59 Å². The Hall–Kier alpha value is -1.92. The molecule has 466 valence electrons. The summed E-state index contributed by atoms with van der Waals surface area (Å²) in [5, 5.41) is 23.1.